The molecule has 0 N–H and O–H groups in total. The summed E-state index contributed by atoms with van der Waals surface area (Å²) >= 11 is 3.77. The molecule has 0 aliphatic heterocycles. The minimum Gasteiger partial charge on any atom is -0.496 e. The predicted molar refractivity (Wildman–Crippen MR) is 79.7 cm³/mol. The van der Waals surface area contributed by atoms with E-state index in [2.05, 4.69) is 66.2 Å². The summed E-state index contributed by atoms with van der Waals surface area (Å²) in [7, 11) is 1.71. The average Bonchev–Trinajstić information content (AvgIpc) is 2.38. The maximum absolute atomic E-state index is 5.44. The Balaban J connectivity index is 2.44. The fourth-order valence-corrected chi connectivity index (χ4v) is 2.70. The van der Waals surface area contributed by atoms with Crippen LogP contribution in [0.25, 0.3) is 0 Å². The lowest BCUT2D eigenvalue weighted by atomic mass is 10.0. The third-order valence-electron chi connectivity index (χ3n) is 2.99. The monoisotopic (exact) mass is 304 g/mol. The van der Waals surface area contributed by atoms with Gasteiger partial charge in [-0.2, -0.15) is 0 Å². The number of hydrogen-bond acceptors (Lipinski definition) is 1. The van der Waals surface area contributed by atoms with Gasteiger partial charge < -0.3 is 4.74 Å². The molecule has 1 nitrogen and oxygen atoms in total. The number of halogens is 1. The number of hydrogen-bond donors (Lipinski definition) is 0. The van der Waals surface area contributed by atoms with E-state index in [1.165, 1.54) is 22.3 Å². The van der Waals surface area contributed by atoms with Gasteiger partial charge in [0.15, 0.2) is 0 Å². The molecule has 0 spiro atoms. The molecule has 0 aromatic heterocycles. The standard InChI is InChI=1S/C16H17BrO/c1-11-5-4-6-13(9-11)16(17)14-10-12(2)7-8-15(14)18-3/h4-10,16H,1-3H3. The largest absolute Gasteiger partial charge is 0.496 e. The molecule has 0 amide bonds. The number of rotatable bonds is 3. The van der Waals surface area contributed by atoms with Gasteiger partial charge in [-0.05, 0) is 25.5 Å². The zero-order valence-corrected chi connectivity index (χ0v) is 12.5. The molecule has 2 aromatic carbocycles. The quantitative estimate of drug-likeness (QED) is 0.740. The molecule has 2 heteroatoms. The van der Waals surface area contributed by atoms with Crippen molar-refractivity contribution >= 4 is 15.9 Å². The fraction of sp³-hybridized carbons (Fsp3) is 0.250. The van der Waals surface area contributed by atoms with Crippen LogP contribution in [-0.2, 0) is 0 Å². The van der Waals surface area contributed by atoms with Crippen molar-refractivity contribution in [1.29, 1.82) is 0 Å². The van der Waals surface area contributed by atoms with Crippen LogP contribution < -0.4 is 4.74 Å². The first kappa shape index (κ1) is 13.2. The van der Waals surface area contributed by atoms with Gasteiger partial charge in [-0.1, -0.05) is 63.5 Å². The normalized spacial score (nSPS) is 12.2. The molecule has 1 unspecified atom stereocenters. The van der Waals surface area contributed by atoms with E-state index in [1.54, 1.807) is 7.11 Å². The minimum absolute atomic E-state index is 0.159. The highest BCUT2D eigenvalue weighted by Gasteiger charge is 2.15. The zero-order valence-electron chi connectivity index (χ0n) is 10.9. The fourth-order valence-electron chi connectivity index (χ4n) is 2.06. The summed E-state index contributed by atoms with van der Waals surface area (Å²) in [5, 5.41) is 0. The Hall–Kier alpha value is -1.28. The summed E-state index contributed by atoms with van der Waals surface area (Å²) in [6.07, 6.45) is 0. The van der Waals surface area contributed by atoms with E-state index >= 15 is 0 Å². The van der Waals surface area contributed by atoms with Gasteiger partial charge in [-0.3, -0.25) is 0 Å². The van der Waals surface area contributed by atoms with Crippen LogP contribution >= 0.6 is 15.9 Å². The van der Waals surface area contributed by atoms with E-state index in [1.807, 2.05) is 6.07 Å². The molecule has 0 fully saturated rings. The Kier molecular flexibility index (Phi) is 4.07. The lowest BCUT2D eigenvalue weighted by Gasteiger charge is -2.16. The summed E-state index contributed by atoms with van der Waals surface area (Å²) in [6.45, 7) is 4.20. The molecule has 0 bridgehead atoms. The first-order valence-corrected chi connectivity index (χ1v) is 6.88. The van der Waals surface area contributed by atoms with Crippen LogP contribution in [0, 0.1) is 13.8 Å². The molecular weight excluding hydrogens is 288 g/mol. The number of aryl methyl sites for hydroxylation is 2. The van der Waals surface area contributed by atoms with Gasteiger partial charge in [0.25, 0.3) is 0 Å². The second-order valence-corrected chi connectivity index (χ2v) is 5.44. The summed E-state index contributed by atoms with van der Waals surface area (Å²) < 4.78 is 5.44. The molecule has 0 aliphatic rings. The van der Waals surface area contributed by atoms with Crippen LogP contribution in [0.3, 0.4) is 0 Å². The van der Waals surface area contributed by atoms with Crippen molar-refractivity contribution < 1.29 is 4.74 Å². The van der Waals surface area contributed by atoms with Gasteiger partial charge in [-0.25, -0.2) is 0 Å². The van der Waals surface area contributed by atoms with Gasteiger partial charge in [0.1, 0.15) is 5.75 Å². The first-order valence-electron chi connectivity index (χ1n) is 5.97. The van der Waals surface area contributed by atoms with Crippen molar-refractivity contribution in [3.05, 3.63) is 64.7 Å². The summed E-state index contributed by atoms with van der Waals surface area (Å²) in [5.41, 5.74) is 4.92. The van der Waals surface area contributed by atoms with Crippen LogP contribution in [0.15, 0.2) is 42.5 Å². The Morgan fingerprint density at radius 3 is 2.39 bits per heavy atom. The predicted octanol–water partition coefficient (Wildman–Crippen LogP) is 4.80. The summed E-state index contributed by atoms with van der Waals surface area (Å²) in [4.78, 5) is 0.159. The maximum Gasteiger partial charge on any atom is 0.123 e. The van der Waals surface area contributed by atoms with Gasteiger partial charge in [-0.15, -0.1) is 0 Å². The highest BCUT2D eigenvalue weighted by atomic mass is 79.9. The lowest BCUT2D eigenvalue weighted by Crippen LogP contribution is -1.98. The van der Waals surface area contributed by atoms with Crippen molar-refractivity contribution in [2.75, 3.05) is 7.11 Å². The number of methoxy groups -OCH3 is 1. The second kappa shape index (κ2) is 5.57. The molecule has 2 rings (SSSR count). The molecule has 2 aromatic rings. The highest BCUT2D eigenvalue weighted by molar-refractivity contribution is 9.09. The minimum atomic E-state index is 0.159. The molecule has 1 atom stereocenters. The number of benzene rings is 2. The van der Waals surface area contributed by atoms with Crippen molar-refractivity contribution in [2.24, 2.45) is 0 Å². The molecule has 0 saturated carbocycles. The highest BCUT2D eigenvalue weighted by Crippen LogP contribution is 2.37. The molecule has 0 aliphatic carbocycles. The van der Waals surface area contributed by atoms with E-state index in [0.717, 1.165) is 5.75 Å². The molecule has 0 saturated heterocycles. The third-order valence-corrected chi connectivity index (χ3v) is 4.01. The Bertz CT molecular complexity index is 549. The molecule has 0 heterocycles. The molecule has 94 valence electrons. The Labute approximate surface area is 117 Å². The van der Waals surface area contributed by atoms with Crippen LogP contribution in [0.5, 0.6) is 5.75 Å². The number of ether oxygens (including phenoxy) is 1. The van der Waals surface area contributed by atoms with Crippen LogP contribution in [0.2, 0.25) is 0 Å². The van der Waals surface area contributed by atoms with E-state index in [0.29, 0.717) is 0 Å². The van der Waals surface area contributed by atoms with Crippen molar-refractivity contribution in [1.82, 2.24) is 0 Å². The SMILES string of the molecule is COc1ccc(C)cc1C(Br)c1cccc(C)c1. The Morgan fingerprint density at radius 1 is 1.00 bits per heavy atom. The summed E-state index contributed by atoms with van der Waals surface area (Å²) in [5.74, 6) is 0.920. The molecular formula is C16H17BrO. The van der Waals surface area contributed by atoms with Crippen LogP contribution in [0.1, 0.15) is 27.1 Å². The molecule has 0 radical (unpaired) electrons. The lowest BCUT2D eigenvalue weighted by molar-refractivity contribution is 0.410. The second-order valence-electron chi connectivity index (χ2n) is 4.52. The average molecular weight is 305 g/mol. The Morgan fingerprint density at radius 2 is 1.72 bits per heavy atom. The van der Waals surface area contributed by atoms with E-state index in [-0.39, 0.29) is 4.83 Å². The smallest absolute Gasteiger partial charge is 0.123 e. The molecule has 18 heavy (non-hydrogen) atoms. The van der Waals surface area contributed by atoms with Gasteiger partial charge in [0.05, 0.1) is 11.9 Å². The van der Waals surface area contributed by atoms with E-state index in [9.17, 15) is 0 Å². The van der Waals surface area contributed by atoms with Crippen molar-refractivity contribution in [2.45, 2.75) is 18.7 Å². The summed E-state index contributed by atoms with van der Waals surface area (Å²) in [6, 6.07) is 14.8. The van der Waals surface area contributed by atoms with Crippen molar-refractivity contribution in [3.8, 4) is 5.75 Å². The first-order chi connectivity index (χ1) is 8.61. The maximum atomic E-state index is 5.44. The van der Waals surface area contributed by atoms with Gasteiger partial charge >= 0.3 is 0 Å². The topological polar surface area (TPSA) is 9.23 Å². The van der Waals surface area contributed by atoms with Gasteiger partial charge in [0.2, 0.25) is 0 Å². The van der Waals surface area contributed by atoms with Crippen LogP contribution in [-0.4, -0.2) is 7.11 Å². The zero-order chi connectivity index (χ0) is 13.1. The van der Waals surface area contributed by atoms with Crippen LogP contribution in [0.4, 0.5) is 0 Å². The number of alkyl halides is 1. The van der Waals surface area contributed by atoms with Gasteiger partial charge in [0, 0.05) is 5.56 Å². The van der Waals surface area contributed by atoms with E-state index < -0.39 is 0 Å². The third kappa shape index (κ3) is 2.75. The van der Waals surface area contributed by atoms with E-state index in [4.69, 9.17) is 4.74 Å². The van der Waals surface area contributed by atoms with Crippen molar-refractivity contribution in [3.63, 3.8) is 0 Å².